The summed E-state index contributed by atoms with van der Waals surface area (Å²) in [5, 5.41) is 6.99. The first kappa shape index (κ1) is 16.3. The molecule has 1 N–H and O–H groups in total. The Hall–Kier alpha value is -2.53. The van der Waals surface area contributed by atoms with Crippen LogP contribution in [0, 0.1) is 6.92 Å². The van der Waals surface area contributed by atoms with Gasteiger partial charge in [-0.2, -0.15) is 0 Å². The molecule has 0 atom stereocenters. The van der Waals surface area contributed by atoms with Crippen molar-refractivity contribution in [3.05, 3.63) is 72.0 Å². The molecular formula is C19H18N2O2S. The molecule has 0 unspecified atom stereocenters. The molecule has 0 aliphatic rings. The first-order valence-corrected chi connectivity index (χ1v) is 8.72. The highest BCUT2D eigenvalue weighted by Crippen LogP contribution is 2.25. The quantitative estimate of drug-likeness (QED) is 0.541. The summed E-state index contributed by atoms with van der Waals surface area (Å²) >= 11 is 1.71. The van der Waals surface area contributed by atoms with Crippen molar-refractivity contribution in [2.24, 2.45) is 0 Å². The van der Waals surface area contributed by atoms with Gasteiger partial charge in [0.05, 0.1) is 0 Å². The third-order valence-corrected chi connectivity index (χ3v) is 4.55. The molecule has 4 nitrogen and oxygen atoms in total. The third kappa shape index (κ3) is 3.86. The lowest BCUT2D eigenvalue weighted by Gasteiger charge is -2.06. The minimum absolute atomic E-state index is 0.152. The van der Waals surface area contributed by atoms with E-state index in [1.54, 1.807) is 18.7 Å². The number of thioether (sulfide) groups is 1. The van der Waals surface area contributed by atoms with Crippen molar-refractivity contribution in [1.29, 1.82) is 0 Å². The van der Waals surface area contributed by atoms with E-state index in [-0.39, 0.29) is 5.91 Å². The van der Waals surface area contributed by atoms with Crippen molar-refractivity contribution >= 4 is 17.7 Å². The summed E-state index contributed by atoms with van der Waals surface area (Å²) in [5.41, 5.74) is 1.96. The van der Waals surface area contributed by atoms with Gasteiger partial charge in [-0.05, 0) is 19.1 Å². The smallest absolute Gasteiger partial charge is 0.257 e. The summed E-state index contributed by atoms with van der Waals surface area (Å²) < 4.78 is 5.23. The summed E-state index contributed by atoms with van der Waals surface area (Å²) in [6, 6.07) is 19.7. The van der Waals surface area contributed by atoms with Gasteiger partial charge in [0.2, 0.25) is 0 Å². The summed E-state index contributed by atoms with van der Waals surface area (Å²) in [5.74, 6) is 1.18. The highest BCUT2D eigenvalue weighted by Gasteiger charge is 2.20. The van der Waals surface area contributed by atoms with E-state index < -0.39 is 0 Å². The SMILES string of the molecule is Cc1onc(-c2ccccc2)c1C(=O)NCCSc1ccccc1. The van der Waals surface area contributed by atoms with Gasteiger partial charge in [0.1, 0.15) is 17.0 Å². The van der Waals surface area contributed by atoms with Gasteiger partial charge < -0.3 is 9.84 Å². The second kappa shape index (κ2) is 7.84. The number of nitrogens with one attached hydrogen (secondary N) is 1. The highest BCUT2D eigenvalue weighted by atomic mass is 32.2. The largest absolute Gasteiger partial charge is 0.360 e. The van der Waals surface area contributed by atoms with Gasteiger partial charge in [0, 0.05) is 22.8 Å². The van der Waals surface area contributed by atoms with Gasteiger partial charge in [0.15, 0.2) is 0 Å². The summed E-state index contributed by atoms with van der Waals surface area (Å²) in [6.45, 7) is 2.34. The van der Waals surface area contributed by atoms with E-state index in [0.29, 0.717) is 23.6 Å². The first-order valence-electron chi connectivity index (χ1n) is 7.73. The topological polar surface area (TPSA) is 55.1 Å². The van der Waals surface area contributed by atoms with Crippen LogP contribution < -0.4 is 5.32 Å². The Balaban J connectivity index is 1.62. The van der Waals surface area contributed by atoms with Gasteiger partial charge in [-0.25, -0.2) is 0 Å². The second-order valence-corrected chi connectivity index (χ2v) is 6.41. The molecule has 0 saturated carbocycles. The Morgan fingerprint density at radius 3 is 2.46 bits per heavy atom. The number of hydrogen-bond acceptors (Lipinski definition) is 4. The number of aryl methyl sites for hydroxylation is 1. The fourth-order valence-electron chi connectivity index (χ4n) is 2.37. The molecule has 5 heteroatoms. The van der Waals surface area contributed by atoms with Gasteiger partial charge in [-0.1, -0.05) is 53.7 Å². The molecule has 0 saturated heterocycles. The lowest BCUT2D eigenvalue weighted by molar-refractivity contribution is 0.0955. The van der Waals surface area contributed by atoms with E-state index in [4.69, 9.17) is 4.52 Å². The Kier molecular flexibility index (Phi) is 5.33. The average molecular weight is 338 g/mol. The van der Waals surface area contributed by atoms with E-state index in [1.807, 2.05) is 48.5 Å². The Labute approximate surface area is 145 Å². The number of amides is 1. The van der Waals surface area contributed by atoms with Crippen LogP contribution in [-0.4, -0.2) is 23.4 Å². The minimum atomic E-state index is -0.152. The molecule has 24 heavy (non-hydrogen) atoms. The highest BCUT2D eigenvalue weighted by molar-refractivity contribution is 7.99. The molecular weight excluding hydrogens is 320 g/mol. The standard InChI is InChI=1S/C19H18N2O2S/c1-14-17(18(21-23-14)15-8-4-2-5-9-15)19(22)20-12-13-24-16-10-6-3-7-11-16/h2-11H,12-13H2,1H3,(H,20,22). The maximum atomic E-state index is 12.5. The predicted molar refractivity (Wildman–Crippen MR) is 96.2 cm³/mol. The molecule has 0 bridgehead atoms. The van der Waals surface area contributed by atoms with Gasteiger partial charge >= 0.3 is 0 Å². The van der Waals surface area contributed by atoms with E-state index in [9.17, 15) is 4.79 Å². The number of carbonyl (C=O) groups is 1. The van der Waals surface area contributed by atoms with E-state index in [1.165, 1.54) is 4.90 Å². The Morgan fingerprint density at radius 2 is 1.75 bits per heavy atom. The number of aromatic nitrogens is 1. The molecule has 2 aromatic carbocycles. The van der Waals surface area contributed by atoms with Crippen molar-refractivity contribution in [2.75, 3.05) is 12.3 Å². The lowest BCUT2D eigenvalue weighted by atomic mass is 10.1. The van der Waals surface area contributed by atoms with E-state index >= 15 is 0 Å². The van der Waals surface area contributed by atoms with Crippen LogP contribution in [0.15, 0.2) is 70.1 Å². The van der Waals surface area contributed by atoms with Gasteiger partial charge in [0.25, 0.3) is 5.91 Å². The van der Waals surface area contributed by atoms with Crippen LogP contribution in [0.25, 0.3) is 11.3 Å². The zero-order valence-corrected chi connectivity index (χ0v) is 14.2. The van der Waals surface area contributed by atoms with Crippen molar-refractivity contribution in [3.63, 3.8) is 0 Å². The average Bonchev–Trinajstić information content (AvgIpc) is 3.02. The molecule has 0 aliphatic heterocycles. The van der Waals surface area contributed by atoms with Crippen LogP contribution in [0.2, 0.25) is 0 Å². The lowest BCUT2D eigenvalue weighted by Crippen LogP contribution is -2.26. The van der Waals surface area contributed by atoms with Crippen molar-refractivity contribution in [3.8, 4) is 11.3 Å². The molecule has 1 heterocycles. The Bertz CT molecular complexity index is 801. The normalized spacial score (nSPS) is 10.5. The molecule has 0 spiro atoms. The fourth-order valence-corrected chi connectivity index (χ4v) is 3.16. The second-order valence-electron chi connectivity index (χ2n) is 5.25. The predicted octanol–water partition coefficient (Wildman–Crippen LogP) is 4.17. The Morgan fingerprint density at radius 1 is 1.08 bits per heavy atom. The number of hydrogen-bond donors (Lipinski definition) is 1. The van der Waals surface area contributed by atoms with Crippen LogP contribution in [0.4, 0.5) is 0 Å². The van der Waals surface area contributed by atoms with Crippen LogP contribution in [0.1, 0.15) is 16.1 Å². The molecule has 122 valence electrons. The summed E-state index contributed by atoms with van der Waals surface area (Å²) in [7, 11) is 0. The zero-order chi connectivity index (χ0) is 16.8. The van der Waals surface area contributed by atoms with Crippen LogP contribution in [0.3, 0.4) is 0 Å². The number of benzene rings is 2. The van der Waals surface area contributed by atoms with Crippen molar-refractivity contribution in [2.45, 2.75) is 11.8 Å². The fraction of sp³-hybridized carbons (Fsp3) is 0.158. The maximum absolute atomic E-state index is 12.5. The number of carbonyl (C=O) groups excluding carboxylic acids is 1. The number of nitrogens with zero attached hydrogens (tertiary/aromatic N) is 1. The molecule has 0 radical (unpaired) electrons. The molecule has 1 amide bonds. The molecule has 3 aromatic rings. The monoisotopic (exact) mass is 338 g/mol. The van der Waals surface area contributed by atoms with E-state index in [2.05, 4.69) is 22.6 Å². The van der Waals surface area contributed by atoms with Crippen molar-refractivity contribution < 1.29 is 9.32 Å². The molecule has 0 fully saturated rings. The first-order chi connectivity index (χ1) is 11.8. The molecule has 1 aromatic heterocycles. The summed E-state index contributed by atoms with van der Waals surface area (Å²) in [6.07, 6.45) is 0. The van der Waals surface area contributed by atoms with Gasteiger partial charge in [-0.3, -0.25) is 4.79 Å². The molecule has 3 rings (SSSR count). The molecule has 0 aliphatic carbocycles. The van der Waals surface area contributed by atoms with Gasteiger partial charge in [-0.15, -0.1) is 11.8 Å². The third-order valence-electron chi connectivity index (χ3n) is 3.54. The van der Waals surface area contributed by atoms with E-state index in [0.717, 1.165) is 11.3 Å². The van der Waals surface area contributed by atoms with Crippen LogP contribution >= 0.6 is 11.8 Å². The van der Waals surface area contributed by atoms with Crippen LogP contribution in [-0.2, 0) is 0 Å². The maximum Gasteiger partial charge on any atom is 0.257 e. The van der Waals surface area contributed by atoms with Crippen molar-refractivity contribution in [1.82, 2.24) is 10.5 Å². The minimum Gasteiger partial charge on any atom is -0.360 e. The summed E-state index contributed by atoms with van der Waals surface area (Å²) in [4.78, 5) is 13.7. The number of rotatable bonds is 6. The zero-order valence-electron chi connectivity index (χ0n) is 13.4. The van der Waals surface area contributed by atoms with Crippen LogP contribution in [0.5, 0.6) is 0 Å².